The van der Waals surface area contributed by atoms with Gasteiger partial charge in [-0.25, -0.2) is 4.98 Å². The number of aromatic nitrogens is 1. The molecular formula is C29H32N4O4S. The van der Waals surface area contributed by atoms with Crippen LogP contribution in [0.3, 0.4) is 0 Å². The Morgan fingerprint density at radius 1 is 0.974 bits per heavy atom. The molecule has 2 heterocycles. The third-order valence-electron chi connectivity index (χ3n) is 6.31. The Kier molecular flexibility index (Phi) is 8.50. The largest absolute Gasteiger partial charge is 0.491 e. The molecule has 0 aliphatic carbocycles. The summed E-state index contributed by atoms with van der Waals surface area (Å²) in [5, 5.41) is 14.5. The van der Waals surface area contributed by atoms with Crippen LogP contribution in [0.15, 0.2) is 72.8 Å². The number of benzene rings is 3. The second-order valence-corrected chi connectivity index (χ2v) is 10.6. The zero-order chi connectivity index (χ0) is 26.3. The first-order chi connectivity index (χ1) is 18.5. The van der Waals surface area contributed by atoms with Crippen molar-refractivity contribution in [1.82, 2.24) is 14.8 Å². The summed E-state index contributed by atoms with van der Waals surface area (Å²) in [5.74, 6) is 2.08. The number of carbonyl (C=O) groups excluding carboxylic acids is 1. The van der Waals surface area contributed by atoms with Gasteiger partial charge in [-0.1, -0.05) is 24.3 Å². The Labute approximate surface area is 226 Å². The lowest BCUT2D eigenvalue weighted by Crippen LogP contribution is -2.50. The second-order valence-electron chi connectivity index (χ2n) is 9.40. The van der Waals surface area contributed by atoms with Crippen LogP contribution in [0.1, 0.15) is 5.01 Å². The Bertz CT molecular complexity index is 1360. The molecule has 1 amide bonds. The quantitative estimate of drug-likeness (QED) is 0.313. The normalized spacial score (nSPS) is 15.3. The van der Waals surface area contributed by atoms with Crippen molar-refractivity contribution in [2.24, 2.45) is 0 Å². The third kappa shape index (κ3) is 7.29. The van der Waals surface area contributed by atoms with E-state index in [2.05, 4.69) is 20.1 Å². The molecule has 4 aromatic rings. The van der Waals surface area contributed by atoms with Crippen LogP contribution in [0, 0.1) is 6.92 Å². The molecule has 0 spiro atoms. The van der Waals surface area contributed by atoms with E-state index in [-0.39, 0.29) is 12.5 Å². The van der Waals surface area contributed by atoms with Gasteiger partial charge in [0.1, 0.15) is 30.0 Å². The minimum absolute atomic E-state index is 0.0592. The minimum atomic E-state index is -0.594. The first-order valence-corrected chi connectivity index (χ1v) is 13.6. The third-order valence-corrected chi connectivity index (χ3v) is 7.26. The summed E-state index contributed by atoms with van der Waals surface area (Å²) in [5.41, 5.74) is 1.63. The molecule has 0 saturated carbocycles. The monoisotopic (exact) mass is 532 g/mol. The zero-order valence-electron chi connectivity index (χ0n) is 21.4. The smallest absolute Gasteiger partial charge is 0.238 e. The van der Waals surface area contributed by atoms with Crippen LogP contribution in [-0.2, 0) is 4.79 Å². The lowest BCUT2D eigenvalue weighted by atomic mass is 10.2. The number of hydrogen-bond donors (Lipinski definition) is 2. The maximum Gasteiger partial charge on any atom is 0.238 e. The number of fused-ring (bicyclic) bond motifs is 1. The Morgan fingerprint density at radius 2 is 1.74 bits per heavy atom. The van der Waals surface area contributed by atoms with Gasteiger partial charge in [-0.2, -0.15) is 0 Å². The number of nitrogens with zero attached hydrogens (tertiary/aromatic N) is 3. The maximum atomic E-state index is 12.6. The van der Waals surface area contributed by atoms with Crippen LogP contribution in [-0.4, -0.2) is 77.8 Å². The maximum absolute atomic E-state index is 12.6. The highest BCUT2D eigenvalue weighted by Crippen LogP contribution is 2.26. The van der Waals surface area contributed by atoms with Crippen molar-refractivity contribution in [3.8, 4) is 17.2 Å². The second kappa shape index (κ2) is 12.4. The van der Waals surface area contributed by atoms with E-state index in [9.17, 15) is 9.90 Å². The molecule has 38 heavy (non-hydrogen) atoms. The number of carbonyl (C=O) groups is 1. The standard InChI is InChI=1S/C29H32N4O4S/c1-21-30-27-17-25(10-11-28(27)38-21)36-20-23(34)18-32-12-14-33(15-13-32)19-29(35)31-22-6-5-9-26(16-22)37-24-7-3-2-4-8-24/h2-11,16-17,23,34H,12-15,18-20H2,1H3,(H,31,35)/t23-/m1/s1. The fourth-order valence-corrected chi connectivity index (χ4v) is 5.26. The molecule has 1 fully saturated rings. The molecule has 198 valence electrons. The number of amides is 1. The van der Waals surface area contributed by atoms with Crippen molar-refractivity contribution in [3.63, 3.8) is 0 Å². The van der Waals surface area contributed by atoms with Gasteiger partial charge in [0.05, 0.1) is 21.8 Å². The lowest BCUT2D eigenvalue weighted by Gasteiger charge is -2.35. The summed E-state index contributed by atoms with van der Waals surface area (Å²) in [7, 11) is 0. The fraction of sp³-hybridized carbons (Fsp3) is 0.310. The number of nitrogens with one attached hydrogen (secondary N) is 1. The minimum Gasteiger partial charge on any atom is -0.491 e. The van der Waals surface area contributed by atoms with E-state index in [0.717, 1.165) is 52.9 Å². The van der Waals surface area contributed by atoms with Gasteiger partial charge < -0.3 is 19.9 Å². The molecule has 1 aliphatic rings. The fourth-order valence-electron chi connectivity index (χ4n) is 4.45. The van der Waals surface area contributed by atoms with E-state index in [0.29, 0.717) is 24.5 Å². The van der Waals surface area contributed by atoms with E-state index in [4.69, 9.17) is 9.47 Å². The van der Waals surface area contributed by atoms with Crippen molar-refractivity contribution in [2.45, 2.75) is 13.0 Å². The number of piperazine rings is 1. The van der Waals surface area contributed by atoms with E-state index in [1.54, 1.807) is 11.3 Å². The molecule has 0 unspecified atom stereocenters. The summed E-state index contributed by atoms with van der Waals surface area (Å²) in [4.78, 5) is 21.5. The van der Waals surface area contributed by atoms with Crippen molar-refractivity contribution < 1.29 is 19.4 Å². The van der Waals surface area contributed by atoms with E-state index in [1.165, 1.54) is 0 Å². The van der Waals surface area contributed by atoms with Crippen molar-refractivity contribution >= 4 is 33.1 Å². The van der Waals surface area contributed by atoms with Crippen molar-refractivity contribution in [2.75, 3.05) is 51.2 Å². The number of anilines is 1. The van der Waals surface area contributed by atoms with Crippen LogP contribution < -0.4 is 14.8 Å². The van der Waals surface area contributed by atoms with Crippen LogP contribution in [0.5, 0.6) is 17.2 Å². The van der Waals surface area contributed by atoms with Crippen LogP contribution >= 0.6 is 11.3 Å². The van der Waals surface area contributed by atoms with E-state index >= 15 is 0 Å². The summed E-state index contributed by atoms with van der Waals surface area (Å²) in [6, 6.07) is 22.8. The zero-order valence-corrected chi connectivity index (χ0v) is 22.2. The number of aliphatic hydroxyl groups is 1. The predicted octanol–water partition coefficient (Wildman–Crippen LogP) is 4.39. The molecule has 1 saturated heterocycles. The molecule has 1 aromatic heterocycles. The Morgan fingerprint density at radius 3 is 2.55 bits per heavy atom. The van der Waals surface area contributed by atoms with Crippen LogP contribution in [0.4, 0.5) is 5.69 Å². The van der Waals surface area contributed by atoms with Gasteiger partial charge >= 0.3 is 0 Å². The molecule has 2 N–H and O–H groups in total. The highest BCUT2D eigenvalue weighted by atomic mass is 32.1. The van der Waals surface area contributed by atoms with Gasteiger partial charge in [0.25, 0.3) is 0 Å². The first-order valence-electron chi connectivity index (χ1n) is 12.8. The van der Waals surface area contributed by atoms with Gasteiger partial charge in [0.2, 0.25) is 5.91 Å². The number of ether oxygens (including phenoxy) is 2. The molecule has 3 aromatic carbocycles. The topological polar surface area (TPSA) is 87.2 Å². The van der Waals surface area contributed by atoms with E-state index < -0.39 is 6.10 Å². The molecule has 1 atom stereocenters. The Balaban J connectivity index is 1.02. The summed E-state index contributed by atoms with van der Waals surface area (Å²) in [6.45, 7) is 6.17. The van der Waals surface area contributed by atoms with E-state index in [1.807, 2.05) is 79.7 Å². The Hall–Kier alpha value is -3.50. The molecule has 5 rings (SSSR count). The molecular weight excluding hydrogens is 500 g/mol. The molecule has 9 heteroatoms. The number of para-hydroxylation sites is 1. The first kappa shape index (κ1) is 26.1. The average Bonchev–Trinajstić information content (AvgIpc) is 3.28. The molecule has 8 nitrogen and oxygen atoms in total. The van der Waals surface area contributed by atoms with Gasteiger partial charge in [-0.05, 0) is 43.3 Å². The highest BCUT2D eigenvalue weighted by Gasteiger charge is 2.21. The number of thiazole rings is 1. The number of β-amino-alcohol motifs (C(OH)–C–C–N with tert-alkyl or cyclic N) is 1. The number of hydrogen-bond acceptors (Lipinski definition) is 8. The summed E-state index contributed by atoms with van der Waals surface area (Å²) >= 11 is 1.66. The summed E-state index contributed by atoms with van der Waals surface area (Å²) in [6.07, 6.45) is -0.594. The van der Waals surface area contributed by atoms with Gasteiger partial charge in [0, 0.05) is 50.5 Å². The van der Waals surface area contributed by atoms with Crippen LogP contribution in [0.25, 0.3) is 10.2 Å². The average molecular weight is 533 g/mol. The van der Waals surface area contributed by atoms with Crippen molar-refractivity contribution in [3.05, 3.63) is 77.8 Å². The molecule has 1 aliphatic heterocycles. The molecule has 0 radical (unpaired) electrons. The highest BCUT2D eigenvalue weighted by molar-refractivity contribution is 7.18. The number of aliphatic hydroxyl groups excluding tert-OH is 1. The van der Waals surface area contributed by atoms with Crippen LogP contribution in [0.2, 0.25) is 0 Å². The number of rotatable bonds is 10. The summed E-state index contributed by atoms with van der Waals surface area (Å²) < 4.78 is 12.8. The molecule has 0 bridgehead atoms. The van der Waals surface area contributed by atoms with Gasteiger partial charge in [-0.15, -0.1) is 11.3 Å². The number of aryl methyl sites for hydroxylation is 1. The van der Waals surface area contributed by atoms with Crippen molar-refractivity contribution in [1.29, 1.82) is 0 Å². The van der Waals surface area contributed by atoms with Gasteiger partial charge in [-0.3, -0.25) is 14.6 Å². The predicted molar refractivity (Wildman–Crippen MR) is 150 cm³/mol. The SMILES string of the molecule is Cc1nc2cc(OC[C@H](O)CN3CCN(CC(=O)Nc4cccc(Oc5ccccc5)c4)CC3)ccc2s1. The lowest BCUT2D eigenvalue weighted by molar-refractivity contribution is -0.117. The van der Waals surface area contributed by atoms with Gasteiger partial charge in [0.15, 0.2) is 0 Å².